The lowest BCUT2D eigenvalue weighted by atomic mass is 9.99. The Balaban J connectivity index is 1.23. The third-order valence-corrected chi connectivity index (χ3v) is 8.23. The van der Waals surface area contributed by atoms with E-state index >= 15 is 0 Å². The van der Waals surface area contributed by atoms with Crippen molar-refractivity contribution in [3.8, 4) is 0 Å². The summed E-state index contributed by atoms with van der Waals surface area (Å²) in [5.41, 5.74) is 4.79. The van der Waals surface area contributed by atoms with Crippen LogP contribution in [-0.4, -0.2) is 51.3 Å². The van der Waals surface area contributed by atoms with Gasteiger partial charge in [-0.15, -0.1) is 0 Å². The lowest BCUT2D eigenvalue weighted by Crippen LogP contribution is -2.47. The van der Waals surface area contributed by atoms with Crippen LogP contribution in [0.2, 0.25) is 0 Å². The molecule has 0 saturated heterocycles. The number of fused-ring (bicyclic) bond motifs is 1. The zero-order valence-electron chi connectivity index (χ0n) is 26.8. The van der Waals surface area contributed by atoms with Crippen LogP contribution in [0, 0.1) is 6.92 Å². The van der Waals surface area contributed by atoms with Crippen molar-refractivity contribution in [1.82, 2.24) is 35.8 Å². The maximum atomic E-state index is 13.7. The van der Waals surface area contributed by atoms with E-state index in [1.165, 1.54) is 0 Å². The van der Waals surface area contributed by atoms with Crippen LogP contribution in [0.25, 0.3) is 10.8 Å². The first-order valence-corrected chi connectivity index (χ1v) is 15.8. The molecule has 5 rings (SSSR count). The number of carbonyl (C=O) groups excluding carboxylic acids is 2. The number of benzene rings is 3. The number of aromatic nitrogens is 3. The van der Waals surface area contributed by atoms with E-state index in [1.54, 1.807) is 24.5 Å². The predicted octanol–water partition coefficient (Wildman–Crippen LogP) is 5.44. The number of hydrogen-bond acceptors (Lipinski definition) is 6. The molecule has 2 amide bonds. The van der Waals surface area contributed by atoms with E-state index in [9.17, 15) is 9.59 Å². The number of imidazole rings is 1. The third kappa shape index (κ3) is 8.87. The Bertz CT molecular complexity index is 1710. The molecule has 0 fully saturated rings. The molecule has 1 unspecified atom stereocenters. The van der Waals surface area contributed by atoms with Crippen LogP contribution in [0.5, 0.6) is 0 Å². The summed E-state index contributed by atoms with van der Waals surface area (Å²) in [5.74, 6) is 0.398. The molecule has 0 spiro atoms. The van der Waals surface area contributed by atoms with Crippen molar-refractivity contribution in [2.45, 2.75) is 58.4 Å². The number of hydrogen-bond donors (Lipinski definition) is 4. The van der Waals surface area contributed by atoms with Crippen LogP contribution in [-0.2, 0) is 24.4 Å². The minimum Gasteiger partial charge on any atom is -0.348 e. The molecule has 9 nitrogen and oxygen atoms in total. The number of nitrogens with one attached hydrogen (secondary N) is 4. The minimum atomic E-state index is -0.690. The second-order valence-corrected chi connectivity index (χ2v) is 11.8. The van der Waals surface area contributed by atoms with E-state index in [-0.39, 0.29) is 17.9 Å². The molecular weight excluding hydrogens is 574 g/mol. The molecule has 2 atom stereocenters. The summed E-state index contributed by atoms with van der Waals surface area (Å²) >= 11 is 0. The Labute approximate surface area is 270 Å². The Kier molecular flexibility index (Phi) is 11.3. The molecule has 2 heterocycles. The largest absolute Gasteiger partial charge is 0.348 e. The summed E-state index contributed by atoms with van der Waals surface area (Å²) in [6, 6.07) is 24.8. The minimum absolute atomic E-state index is 0.198. The van der Waals surface area contributed by atoms with Crippen LogP contribution in [0.3, 0.4) is 0 Å². The molecule has 46 heavy (non-hydrogen) atoms. The molecule has 9 heteroatoms. The van der Waals surface area contributed by atoms with Gasteiger partial charge in [-0.05, 0) is 85.9 Å². The fourth-order valence-electron chi connectivity index (χ4n) is 5.61. The van der Waals surface area contributed by atoms with Crippen molar-refractivity contribution in [1.29, 1.82) is 0 Å². The van der Waals surface area contributed by atoms with Gasteiger partial charge in [-0.2, -0.15) is 0 Å². The number of carbonyl (C=O) groups is 2. The van der Waals surface area contributed by atoms with Crippen molar-refractivity contribution in [2.24, 2.45) is 0 Å². The highest BCUT2D eigenvalue weighted by atomic mass is 16.2. The van der Waals surface area contributed by atoms with Gasteiger partial charge in [0.1, 0.15) is 11.9 Å². The van der Waals surface area contributed by atoms with Gasteiger partial charge in [0.2, 0.25) is 5.91 Å². The monoisotopic (exact) mass is 617 g/mol. The average molecular weight is 618 g/mol. The van der Waals surface area contributed by atoms with Crippen molar-refractivity contribution in [3.05, 3.63) is 131 Å². The summed E-state index contributed by atoms with van der Waals surface area (Å²) in [7, 11) is 2.05. The van der Waals surface area contributed by atoms with Crippen LogP contribution in [0.15, 0.2) is 97.5 Å². The van der Waals surface area contributed by atoms with E-state index in [1.807, 2.05) is 55.6 Å². The normalized spacial score (nSPS) is 12.6. The van der Waals surface area contributed by atoms with E-state index < -0.39 is 6.04 Å². The first-order valence-electron chi connectivity index (χ1n) is 15.8. The second kappa shape index (κ2) is 15.9. The number of nitrogens with zero attached hydrogens (tertiary/aromatic N) is 3. The molecule has 0 aliphatic rings. The van der Waals surface area contributed by atoms with Gasteiger partial charge in [-0.25, -0.2) is 4.98 Å². The highest BCUT2D eigenvalue weighted by Crippen LogP contribution is 2.24. The number of aromatic amines is 1. The van der Waals surface area contributed by atoms with Crippen molar-refractivity contribution in [2.75, 3.05) is 13.6 Å². The van der Waals surface area contributed by atoms with Crippen molar-refractivity contribution >= 4 is 22.6 Å². The zero-order chi connectivity index (χ0) is 32.3. The van der Waals surface area contributed by atoms with Crippen molar-refractivity contribution < 1.29 is 9.59 Å². The average Bonchev–Trinajstić information content (AvgIpc) is 3.59. The van der Waals surface area contributed by atoms with Crippen LogP contribution < -0.4 is 16.0 Å². The Hall–Kier alpha value is -4.86. The number of rotatable bonds is 15. The smallest absolute Gasteiger partial charge is 0.251 e. The van der Waals surface area contributed by atoms with E-state index in [0.717, 1.165) is 58.5 Å². The molecule has 238 valence electrons. The molecule has 0 bridgehead atoms. The Morgan fingerprint density at radius 2 is 1.70 bits per heavy atom. The highest BCUT2D eigenvalue weighted by Gasteiger charge is 2.24. The Morgan fingerprint density at radius 1 is 0.891 bits per heavy atom. The van der Waals surface area contributed by atoms with Gasteiger partial charge < -0.3 is 25.8 Å². The maximum absolute atomic E-state index is 13.7. The molecule has 2 aromatic heterocycles. The summed E-state index contributed by atoms with van der Waals surface area (Å²) < 4.78 is 0. The lowest BCUT2D eigenvalue weighted by molar-refractivity contribution is -0.123. The van der Waals surface area contributed by atoms with Crippen LogP contribution in [0.4, 0.5) is 0 Å². The van der Waals surface area contributed by atoms with Gasteiger partial charge >= 0.3 is 0 Å². The fourth-order valence-corrected chi connectivity index (χ4v) is 5.61. The predicted molar refractivity (Wildman–Crippen MR) is 182 cm³/mol. The number of aryl methyl sites for hydroxylation is 1. The molecule has 0 radical (unpaired) electrons. The van der Waals surface area contributed by atoms with Crippen molar-refractivity contribution in [3.63, 3.8) is 0 Å². The SMILES string of the molecule is Cc1cccnc1CN(C)CCC[C@H](NC(=O)c1ccc(CNCc2ncc[nH]2)cc1)C(=O)NC(C)c1cccc2ccccc12. The van der Waals surface area contributed by atoms with Gasteiger partial charge in [-0.3, -0.25) is 14.6 Å². The molecule has 0 aliphatic carbocycles. The second-order valence-electron chi connectivity index (χ2n) is 11.8. The van der Waals surface area contributed by atoms with E-state index in [0.29, 0.717) is 25.1 Å². The molecule has 3 aromatic carbocycles. The van der Waals surface area contributed by atoms with Gasteiger partial charge in [0.15, 0.2) is 0 Å². The molecular formula is C37H43N7O2. The number of amides is 2. The van der Waals surface area contributed by atoms with Gasteiger partial charge in [0.05, 0.1) is 18.3 Å². The first kappa shape index (κ1) is 32.5. The van der Waals surface area contributed by atoms with Crippen LogP contribution in [0.1, 0.15) is 64.4 Å². The quantitative estimate of drug-likeness (QED) is 0.124. The van der Waals surface area contributed by atoms with Gasteiger partial charge in [0.25, 0.3) is 5.91 Å². The summed E-state index contributed by atoms with van der Waals surface area (Å²) in [6.45, 7) is 6.80. The first-order chi connectivity index (χ1) is 22.4. The maximum Gasteiger partial charge on any atom is 0.251 e. The number of pyridine rings is 1. The molecule has 0 saturated carbocycles. The topological polar surface area (TPSA) is 115 Å². The molecule has 5 aromatic rings. The molecule has 0 aliphatic heterocycles. The van der Waals surface area contributed by atoms with Crippen LogP contribution >= 0.6 is 0 Å². The van der Waals surface area contributed by atoms with E-state index in [4.69, 9.17) is 0 Å². The molecule has 4 N–H and O–H groups in total. The standard InChI is InChI=1S/C37H43N7O2/c1-26-9-7-19-39-34(26)25-44(3)22-8-14-33(37(46)42-27(2)31-13-6-11-29-10-4-5-12-32(29)31)43-36(45)30-17-15-28(16-18-30)23-38-24-35-40-20-21-41-35/h4-7,9-13,15-21,27,33,38H,8,14,22-25H2,1-3H3,(H,40,41)(H,42,46)(H,43,45)/t27?,33-/m0/s1. The number of H-pyrrole nitrogens is 1. The van der Waals surface area contributed by atoms with Gasteiger partial charge in [0, 0.05) is 37.2 Å². The van der Waals surface area contributed by atoms with Gasteiger partial charge in [-0.1, -0.05) is 60.7 Å². The summed E-state index contributed by atoms with van der Waals surface area (Å²) in [5, 5.41) is 11.8. The third-order valence-electron chi connectivity index (χ3n) is 8.23. The highest BCUT2D eigenvalue weighted by molar-refractivity contribution is 5.97. The fraction of sp³-hybridized carbons (Fsp3) is 0.297. The van der Waals surface area contributed by atoms with E-state index in [2.05, 4.69) is 74.0 Å². The lowest BCUT2D eigenvalue weighted by Gasteiger charge is -2.24. The Morgan fingerprint density at radius 3 is 2.48 bits per heavy atom. The summed E-state index contributed by atoms with van der Waals surface area (Å²) in [4.78, 5) is 41.2. The summed E-state index contributed by atoms with van der Waals surface area (Å²) in [6.07, 6.45) is 6.56. The zero-order valence-corrected chi connectivity index (χ0v) is 26.8.